The van der Waals surface area contributed by atoms with Gasteiger partial charge in [0.25, 0.3) is 0 Å². The van der Waals surface area contributed by atoms with Crippen molar-refractivity contribution in [3.63, 3.8) is 0 Å². The van der Waals surface area contributed by atoms with Crippen LogP contribution in [0.1, 0.15) is 18.1 Å². The summed E-state index contributed by atoms with van der Waals surface area (Å²) >= 11 is 0. The molecular weight excluding hydrogens is 467 g/mol. The minimum absolute atomic E-state index is 0.252. The summed E-state index contributed by atoms with van der Waals surface area (Å²) in [5.41, 5.74) is 10.7. The highest BCUT2D eigenvalue weighted by atomic mass is 19.1. The van der Waals surface area contributed by atoms with Crippen molar-refractivity contribution < 1.29 is 4.39 Å². The van der Waals surface area contributed by atoms with Gasteiger partial charge in [0.15, 0.2) is 5.82 Å². The lowest BCUT2D eigenvalue weighted by atomic mass is 9.87. The number of nitrogens with zero attached hydrogens (tertiary/aromatic N) is 7. The third-order valence-corrected chi connectivity index (χ3v) is 7.04. The van der Waals surface area contributed by atoms with Crippen LogP contribution >= 0.6 is 0 Å². The molecule has 186 valence electrons. The molecule has 6 rings (SSSR count). The van der Waals surface area contributed by atoms with Gasteiger partial charge in [0.2, 0.25) is 5.95 Å². The Morgan fingerprint density at radius 3 is 2.19 bits per heavy atom. The van der Waals surface area contributed by atoms with E-state index >= 15 is 0 Å². The van der Waals surface area contributed by atoms with Gasteiger partial charge in [-0.1, -0.05) is 42.5 Å². The van der Waals surface area contributed by atoms with E-state index < -0.39 is 5.54 Å². The molecular formula is C28H27FN8. The topological polar surface area (TPSA) is 88.5 Å². The monoisotopic (exact) mass is 494 g/mol. The van der Waals surface area contributed by atoms with Gasteiger partial charge < -0.3 is 15.5 Å². The predicted octanol–water partition coefficient (Wildman–Crippen LogP) is 3.87. The maximum absolute atomic E-state index is 13.4. The van der Waals surface area contributed by atoms with E-state index in [0.717, 1.165) is 59.8 Å². The summed E-state index contributed by atoms with van der Waals surface area (Å²) in [6, 6.07) is 18.5. The van der Waals surface area contributed by atoms with Crippen molar-refractivity contribution in [1.29, 1.82) is 0 Å². The van der Waals surface area contributed by atoms with E-state index in [1.807, 2.05) is 66.4 Å². The molecule has 9 heteroatoms. The fourth-order valence-electron chi connectivity index (χ4n) is 4.78. The maximum Gasteiger partial charge on any atom is 0.225 e. The third-order valence-electron chi connectivity index (χ3n) is 7.04. The first kappa shape index (κ1) is 23.1. The van der Waals surface area contributed by atoms with Crippen molar-refractivity contribution in [2.24, 2.45) is 5.73 Å². The fourth-order valence-corrected chi connectivity index (χ4v) is 4.78. The van der Waals surface area contributed by atoms with E-state index in [4.69, 9.17) is 5.73 Å². The molecule has 4 heterocycles. The van der Waals surface area contributed by atoms with Gasteiger partial charge in [-0.3, -0.25) is 0 Å². The normalized spacial score (nSPS) is 15.6. The average molecular weight is 495 g/mol. The Balaban J connectivity index is 1.17. The number of nitrogens with two attached hydrogens (primary N) is 1. The number of hydrogen-bond acceptors (Lipinski definition) is 7. The molecule has 1 aliphatic rings. The lowest BCUT2D eigenvalue weighted by Crippen LogP contribution is -2.47. The second-order valence-corrected chi connectivity index (χ2v) is 9.46. The van der Waals surface area contributed by atoms with Crippen LogP contribution in [0.4, 0.5) is 16.2 Å². The first-order valence-electron chi connectivity index (χ1n) is 12.3. The molecule has 8 nitrogen and oxygen atoms in total. The Bertz CT molecular complexity index is 1510. The van der Waals surface area contributed by atoms with Crippen molar-refractivity contribution in [2.45, 2.75) is 12.5 Å². The number of halogens is 1. The second kappa shape index (κ2) is 9.25. The fraction of sp³-hybridized carbons (Fsp3) is 0.214. The predicted molar refractivity (Wildman–Crippen MR) is 142 cm³/mol. The van der Waals surface area contributed by atoms with Crippen molar-refractivity contribution >= 4 is 17.3 Å². The van der Waals surface area contributed by atoms with Crippen molar-refractivity contribution in [2.75, 3.05) is 36.0 Å². The lowest BCUT2D eigenvalue weighted by molar-refractivity contribution is 0.592. The molecule has 0 unspecified atom stereocenters. The number of fused-ring (bicyclic) bond motifs is 1. The van der Waals surface area contributed by atoms with Crippen molar-refractivity contribution in [3.05, 3.63) is 103 Å². The highest BCUT2D eigenvalue weighted by Gasteiger charge is 2.26. The number of rotatable bonds is 5. The zero-order valence-corrected chi connectivity index (χ0v) is 20.5. The van der Waals surface area contributed by atoms with E-state index in [9.17, 15) is 4.39 Å². The zero-order chi connectivity index (χ0) is 25.4. The number of anilines is 2. The molecule has 0 saturated carbocycles. The van der Waals surface area contributed by atoms with Crippen LogP contribution in [0.25, 0.3) is 16.6 Å². The standard InChI is InChI=1S/C28H27FN8/c1-28(30,22-5-3-2-4-6-22)23-16-31-27(32-17-23)36-13-11-35(12-14-36)26-25-15-21(18-37(25)34-19-33-26)20-7-9-24(29)10-8-20/h2-10,15-19H,11-14,30H2,1H3/t28-/m0/s1. The molecule has 1 saturated heterocycles. The molecule has 0 radical (unpaired) electrons. The van der Waals surface area contributed by atoms with Crippen LogP contribution in [-0.4, -0.2) is 50.7 Å². The number of piperazine rings is 1. The largest absolute Gasteiger partial charge is 0.351 e. The smallest absolute Gasteiger partial charge is 0.225 e. The van der Waals surface area contributed by atoms with Crippen LogP contribution in [0.15, 0.2) is 85.6 Å². The van der Waals surface area contributed by atoms with Gasteiger partial charge in [0.05, 0.1) is 5.54 Å². The van der Waals surface area contributed by atoms with Gasteiger partial charge in [0.1, 0.15) is 17.7 Å². The highest BCUT2D eigenvalue weighted by Crippen LogP contribution is 2.29. The molecule has 37 heavy (non-hydrogen) atoms. The highest BCUT2D eigenvalue weighted by molar-refractivity contribution is 5.77. The van der Waals surface area contributed by atoms with E-state index in [1.165, 1.54) is 12.1 Å². The van der Waals surface area contributed by atoms with Crippen LogP contribution in [0.2, 0.25) is 0 Å². The van der Waals surface area contributed by atoms with Crippen LogP contribution in [0, 0.1) is 5.82 Å². The lowest BCUT2D eigenvalue weighted by Gasteiger charge is -2.35. The second-order valence-electron chi connectivity index (χ2n) is 9.46. The molecule has 0 aliphatic carbocycles. The average Bonchev–Trinajstić information content (AvgIpc) is 3.39. The van der Waals surface area contributed by atoms with E-state index in [-0.39, 0.29) is 5.82 Å². The number of aromatic nitrogens is 5. The molecule has 0 spiro atoms. The Morgan fingerprint density at radius 1 is 0.811 bits per heavy atom. The summed E-state index contributed by atoms with van der Waals surface area (Å²) in [4.78, 5) is 18.3. The Morgan fingerprint density at radius 2 is 1.49 bits per heavy atom. The molecule has 2 aromatic carbocycles. The molecule has 3 aromatic heterocycles. The quantitative estimate of drug-likeness (QED) is 0.397. The van der Waals surface area contributed by atoms with Gasteiger partial charge in [-0.2, -0.15) is 5.10 Å². The SMILES string of the molecule is C[C@](N)(c1ccccc1)c1cnc(N2CCN(c3ncnn4cc(-c5ccc(F)cc5)cc34)CC2)nc1. The molecule has 5 aromatic rings. The van der Waals surface area contributed by atoms with Gasteiger partial charge in [-0.05, 0) is 36.2 Å². The van der Waals surface area contributed by atoms with E-state index in [2.05, 4.69) is 29.9 Å². The van der Waals surface area contributed by atoms with E-state index in [0.29, 0.717) is 5.95 Å². The summed E-state index contributed by atoms with van der Waals surface area (Å²) in [6.07, 6.45) is 7.17. The van der Waals surface area contributed by atoms with Gasteiger partial charge in [-0.25, -0.2) is 23.9 Å². The summed E-state index contributed by atoms with van der Waals surface area (Å²) < 4.78 is 15.2. The van der Waals surface area contributed by atoms with Gasteiger partial charge >= 0.3 is 0 Å². The Hall–Kier alpha value is -4.37. The third kappa shape index (κ3) is 4.38. The Kier molecular flexibility index (Phi) is 5.77. The molecule has 1 aliphatic heterocycles. The summed E-state index contributed by atoms with van der Waals surface area (Å²) in [6.45, 7) is 5.05. The molecule has 1 fully saturated rings. The van der Waals surface area contributed by atoms with Crippen LogP contribution in [0.3, 0.4) is 0 Å². The van der Waals surface area contributed by atoms with E-state index in [1.54, 1.807) is 18.5 Å². The minimum Gasteiger partial charge on any atom is -0.351 e. The first-order chi connectivity index (χ1) is 18.0. The minimum atomic E-state index is -0.666. The van der Waals surface area contributed by atoms with Crippen molar-refractivity contribution in [3.8, 4) is 11.1 Å². The number of hydrogen-bond donors (Lipinski definition) is 1. The molecule has 2 N–H and O–H groups in total. The maximum atomic E-state index is 13.4. The summed E-state index contributed by atoms with van der Waals surface area (Å²) in [7, 11) is 0. The van der Waals surface area contributed by atoms with Gasteiger partial charge in [0, 0.05) is 55.9 Å². The zero-order valence-electron chi connectivity index (χ0n) is 20.5. The first-order valence-corrected chi connectivity index (χ1v) is 12.3. The van der Waals surface area contributed by atoms with Crippen LogP contribution in [-0.2, 0) is 5.54 Å². The van der Waals surface area contributed by atoms with Gasteiger partial charge in [-0.15, -0.1) is 0 Å². The van der Waals surface area contributed by atoms with Crippen LogP contribution in [0.5, 0.6) is 0 Å². The molecule has 0 bridgehead atoms. The Labute approximate surface area is 214 Å². The molecule has 0 amide bonds. The van der Waals surface area contributed by atoms with Crippen molar-refractivity contribution in [1.82, 2.24) is 24.6 Å². The van der Waals surface area contributed by atoms with Crippen LogP contribution < -0.4 is 15.5 Å². The number of benzene rings is 2. The summed E-state index contributed by atoms with van der Waals surface area (Å²) in [5, 5.41) is 4.38. The summed E-state index contributed by atoms with van der Waals surface area (Å²) in [5.74, 6) is 1.32. The molecule has 1 atom stereocenters.